The Balaban J connectivity index is 0.00000104. The highest BCUT2D eigenvalue weighted by atomic mass is 35.5. The highest BCUT2D eigenvalue weighted by Crippen LogP contribution is 2.31. The molecule has 1 atom stereocenters. The van der Waals surface area contributed by atoms with Gasteiger partial charge in [-0.1, -0.05) is 30.3 Å². The van der Waals surface area contributed by atoms with Crippen molar-refractivity contribution in [3.8, 4) is 0 Å². The number of pyridine rings is 1. The lowest BCUT2D eigenvalue weighted by atomic mass is 9.96. The predicted octanol–water partition coefficient (Wildman–Crippen LogP) is 4.26. The Bertz CT molecular complexity index is 890. The molecule has 1 aliphatic rings. The lowest BCUT2D eigenvalue weighted by molar-refractivity contribution is 0.104. The third-order valence-electron chi connectivity index (χ3n) is 4.45. The number of halogens is 2. The van der Waals surface area contributed by atoms with Crippen LogP contribution in [0.1, 0.15) is 39.5 Å². The number of rotatable bonds is 2. The molecular formula is C19H18Cl2N2O. The van der Waals surface area contributed by atoms with Crippen molar-refractivity contribution in [3.05, 3.63) is 77.1 Å². The number of fused-ring (bicyclic) bond motifs is 2. The highest BCUT2D eigenvalue weighted by Gasteiger charge is 2.21. The van der Waals surface area contributed by atoms with Crippen LogP contribution >= 0.6 is 24.8 Å². The highest BCUT2D eigenvalue weighted by molar-refractivity contribution is 6.16. The third kappa shape index (κ3) is 3.03. The number of nitrogens with two attached hydrogens (primary N) is 1. The summed E-state index contributed by atoms with van der Waals surface area (Å²) in [5.74, 6) is 0.0556. The first-order valence-electron chi connectivity index (χ1n) is 7.50. The maximum atomic E-state index is 12.9. The molecule has 0 amide bonds. The van der Waals surface area contributed by atoms with Gasteiger partial charge in [-0.25, -0.2) is 0 Å². The van der Waals surface area contributed by atoms with Crippen molar-refractivity contribution in [1.82, 2.24) is 4.98 Å². The normalized spacial score (nSPS) is 15.3. The number of carbonyl (C=O) groups is 1. The van der Waals surface area contributed by atoms with Crippen LogP contribution in [-0.4, -0.2) is 10.8 Å². The summed E-state index contributed by atoms with van der Waals surface area (Å²) in [6.07, 6.45) is 5.43. The van der Waals surface area contributed by atoms with Crippen molar-refractivity contribution in [2.75, 3.05) is 0 Å². The predicted molar refractivity (Wildman–Crippen MR) is 101 cm³/mol. The fourth-order valence-corrected chi connectivity index (χ4v) is 3.27. The zero-order valence-electron chi connectivity index (χ0n) is 12.9. The third-order valence-corrected chi connectivity index (χ3v) is 4.45. The molecule has 2 aromatic carbocycles. The van der Waals surface area contributed by atoms with Gasteiger partial charge in [0.2, 0.25) is 0 Å². The van der Waals surface area contributed by atoms with Gasteiger partial charge in [-0.05, 0) is 41.5 Å². The Labute approximate surface area is 153 Å². The van der Waals surface area contributed by atoms with Gasteiger partial charge < -0.3 is 5.73 Å². The maximum absolute atomic E-state index is 12.9. The van der Waals surface area contributed by atoms with E-state index in [1.165, 1.54) is 11.1 Å². The van der Waals surface area contributed by atoms with E-state index in [1.807, 2.05) is 42.5 Å². The van der Waals surface area contributed by atoms with E-state index >= 15 is 0 Å². The van der Waals surface area contributed by atoms with Crippen molar-refractivity contribution in [2.45, 2.75) is 18.9 Å². The Morgan fingerprint density at radius 1 is 1.12 bits per heavy atom. The Morgan fingerprint density at radius 3 is 2.79 bits per heavy atom. The lowest BCUT2D eigenvalue weighted by Gasteiger charge is -2.08. The molecule has 4 rings (SSSR count). The van der Waals surface area contributed by atoms with Gasteiger partial charge in [0.1, 0.15) is 0 Å². The van der Waals surface area contributed by atoms with Crippen LogP contribution in [0.5, 0.6) is 0 Å². The smallest absolute Gasteiger partial charge is 0.193 e. The van der Waals surface area contributed by atoms with E-state index < -0.39 is 0 Å². The molecule has 0 saturated heterocycles. The number of aromatic nitrogens is 1. The number of nitrogens with zero attached hydrogens (tertiary/aromatic N) is 1. The summed E-state index contributed by atoms with van der Waals surface area (Å²) in [5.41, 5.74) is 9.91. The maximum Gasteiger partial charge on any atom is 0.193 e. The summed E-state index contributed by atoms with van der Waals surface area (Å²) < 4.78 is 0. The van der Waals surface area contributed by atoms with Crippen LogP contribution in [0.15, 0.2) is 54.9 Å². The van der Waals surface area contributed by atoms with Crippen LogP contribution in [0.3, 0.4) is 0 Å². The molecule has 124 valence electrons. The number of carbonyl (C=O) groups excluding carboxylic acids is 1. The van der Waals surface area contributed by atoms with Gasteiger partial charge in [0, 0.05) is 34.9 Å². The van der Waals surface area contributed by atoms with Crippen LogP contribution in [0.25, 0.3) is 10.8 Å². The van der Waals surface area contributed by atoms with Gasteiger partial charge in [-0.15, -0.1) is 24.8 Å². The second-order valence-electron chi connectivity index (χ2n) is 5.79. The van der Waals surface area contributed by atoms with Gasteiger partial charge in [-0.2, -0.15) is 0 Å². The van der Waals surface area contributed by atoms with Crippen LogP contribution in [0, 0.1) is 0 Å². The molecule has 0 fully saturated rings. The minimum atomic E-state index is 0. The standard InChI is InChI=1S/C19H16N2O.2ClH/c20-18-7-5-12-10-13(4-6-16(12)18)19(22)17-3-1-2-14-11-21-9-8-15(14)17;;/h1-4,6,8-11,18H,5,7,20H2;2*1H/t18-;;/m0../s1. The SMILES string of the molecule is Cl.Cl.N[C@H]1CCc2cc(C(=O)c3cccc4cnccc34)ccc21. The molecule has 3 nitrogen and oxygen atoms in total. The molecule has 0 saturated carbocycles. The molecule has 0 spiro atoms. The first-order chi connectivity index (χ1) is 10.7. The number of benzene rings is 2. The van der Waals surface area contributed by atoms with Crippen molar-refractivity contribution in [1.29, 1.82) is 0 Å². The van der Waals surface area contributed by atoms with Gasteiger partial charge in [0.05, 0.1) is 0 Å². The molecule has 1 heterocycles. The number of hydrogen-bond donors (Lipinski definition) is 1. The molecule has 3 aromatic rings. The monoisotopic (exact) mass is 360 g/mol. The fourth-order valence-electron chi connectivity index (χ4n) is 3.27. The van der Waals surface area contributed by atoms with Gasteiger partial charge >= 0.3 is 0 Å². The van der Waals surface area contributed by atoms with Crippen LogP contribution in [0.2, 0.25) is 0 Å². The number of aryl methyl sites for hydroxylation is 1. The van der Waals surface area contributed by atoms with E-state index in [0.717, 1.165) is 34.7 Å². The van der Waals surface area contributed by atoms with E-state index in [4.69, 9.17) is 5.73 Å². The molecular weight excluding hydrogens is 343 g/mol. The van der Waals surface area contributed by atoms with Crippen molar-refractivity contribution >= 4 is 41.4 Å². The minimum Gasteiger partial charge on any atom is -0.324 e. The van der Waals surface area contributed by atoms with E-state index in [1.54, 1.807) is 12.4 Å². The first-order valence-corrected chi connectivity index (χ1v) is 7.50. The lowest BCUT2D eigenvalue weighted by Crippen LogP contribution is -2.06. The van der Waals surface area contributed by atoms with Crippen molar-refractivity contribution < 1.29 is 4.79 Å². The van der Waals surface area contributed by atoms with E-state index in [-0.39, 0.29) is 36.6 Å². The molecule has 2 N–H and O–H groups in total. The molecule has 1 aromatic heterocycles. The first kappa shape index (κ1) is 18.4. The molecule has 5 heteroatoms. The summed E-state index contributed by atoms with van der Waals surface area (Å²) in [6.45, 7) is 0. The summed E-state index contributed by atoms with van der Waals surface area (Å²) in [6, 6.07) is 13.7. The van der Waals surface area contributed by atoms with Gasteiger partial charge in [-0.3, -0.25) is 9.78 Å². The molecule has 0 unspecified atom stereocenters. The second kappa shape index (κ2) is 7.31. The Morgan fingerprint density at radius 2 is 1.96 bits per heavy atom. The molecule has 0 aliphatic heterocycles. The summed E-state index contributed by atoms with van der Waals surface area (Å²) >= 11 is 0. The second-order valence-corrected chi connectivity index (χ2v) is 5.79. The zero-order chi connectivity index (χ0) is 15.1. The topological polar surface area (TPSA) is 56.0 Å². The Hall–Kier alpha value is -1.94. The largest absolute Gasteiger partial charge is 0.324 e. The fraction of sp³-hybridized carbons (Fsp3) is 0.158. The summed E-state index contributed by atoms with van der Waals surface area (Å²) in [4.78, 5) is 17.0. The minimum absolute atomic E-state index is 0. The Kier molecular flexibility index (Phi) is 5.60. The average Bonchev–Trinajstić information content (AvgIpc) is 2.94. The quantitative estimate of drug-likeness (QED) is 0.694. The van der Waals surface area contributed by atoms with E-state index in [2.05, 4.69) is 4.98 Å². The number of ketones is 1. The molecule has 1 aliphatic carbocycles. The van der Waals surface area contributed by atoms with Crippen LogP contribution in [-0.2, 0) is 6.42 Å². The molecule has 24 heavy (non-hydrogen) atoms. The van der Waals surface area contributed by atoms with Crippen molar-refractivity contribution in [3.63, 3.8) is 0 Å². The van der Waals surface area contributed by atoms with Crippen LogP contribution < -0.4 is 5.73 Å². The van der Waals surface area contributed by atoms with E-state index in [9.17, 15) is 4.79 Å². The summed E-state index contributed by atoms with van der Waals surface area (Å²) in [5, 5.41) is 1.93. The zero-order valence-corrected chi connectivity index (χ0v) is 14.6. The van der Waals surface area contributed by atoms with Gasteiger partial charge in [0.15, 0.2) is 5.78 Å². The molecule has 0 radical (unpaired) electrons. The van der Waals surface area contributed by atoms with Crippen molar-refractivity contribution in [2.24, 2.45) is 5.73 Å². The summed E-state index contributed by atoms with van der Waals surface area (Å²) in [7, 11) is 0. The van der Waals surface area contributed by atoms with Crippen LogP contribution in [0.4, 0.5) is 0 Å². The molecule has 0 bridgehead atoms. The van der Waals surface area contributed by atoms with Gasteiger partial charge in [0.25, 0.3) is 0 Å². The average molecular weight is 361 g/mol. The number of hydrogen-bond acceptors (Lipinski definition) is 3. The van der Waals surface area contributed by atoms with E-state index in [0.29, 0.717) is 0 Å².